The molecule has 0 saturated heterocycles. The van der Waals surface area contributed by atoms with Gasteiger partial charge in [-0.3, -0.25) is 0 Å². The van der Waals surface area contributed by atoms with Gasteiger partial charge in [-0.2, -0.15) is 0 Å². The summed E-state index contributed by atoms with van der Waals surface area (Å²) in [7, 11) is 0. The fraction of sp³-hybridized carbons (Fsp3) is 1.00. The topological polar surface area (TPSA) is 52.0 Å². The van der Waals surface area contributed by atoms with E-state index in [0.29, 0.717) is 12.0 Å². The van der Waals surface area contributed by atoms with Gasteiger partial charge < -0.3 is 11.5 Å². The summed E-state index contributed by atoms with van der Waals surface area (Å²) in [6, 6.07) is 0.392. The Bertz CT molecular complexity index is 130. The molecule has 1 rings (SSSR count). The Balaban J connectivity index is 2.31. The summed E-state index contributed by atoms with van der Waals surface area (Å²) >= 11 is 0. The maximum Gasteiger partial charge on any atom is 0.00934 e. The first-order valence-corrected chi connectivity index (χ1v) is 5.71. The fourth-order valence-corrected chi connectivity index (χ4v) is 2.44. The minimum Gasteiger partial charge on any atom is -0.330 e. The summed E-state index contributed by atoms with van der Waals surface area (Å²) < 4.78 is 0. The Morgan fingerprint density at radius 3 is 2.38 bits per heavy atom. The lowest BCUT2D eigenvalue weighted by molar-refractivity contribution is 0.247. The highest BCUT2D eigenvalue weighted by Crippen LogP contribution is 2.29. The molecule has 0 heterocycles. The molecule has 1 aliphatic rings. The Kier molecular flexibility index (Phi) is 4.74. The van der Waals surface area contributed by atoms with Crippen LogP contribution in [0.3, 0.4) is 0 Å². The van der Waals surface area contributed by atoms with E-state index in [1.54, 1.807) is 0 Å². The molecule has 4 N–H and O–H groups in total. The molecular formula is C11H24N2. The Morgan fingerprint density at radius 2 is 1.85 bits per heavy atom. The summed E-state index contributed by atoms with van der Waals surface area (Å²) in [6.45, 7) is 3.02. The van der Waals surface area contributed by atoms with E-state index in [9.17, 15) is 0 Å². The van der Waals surface area contributed by atoms with Crippen LogP contribution in [-0.4, -0.2) is 12.6 Å². The molecule has 0 aromatic carbocycles. The van der Waals surface area contributed by atoms with Crippen LogP contribution in [0.2, 0.25) is 0 Å². The van der Waals surface area contributed by atoms with Crippen molar-refractivity contribution in [1.29, 1.82) is 0 Å². The minimum absolute atomic E-state index is 0.392. The first-order chi connectivity index (χ1) is 6.25. The minimum atomic E-state index is 0.392. The van der Waals surface area contributed by atoms with Crippen LogP contribution in [0.15, 0.2) is 0 Å². The second-order valence-electron chi connectivity index (χ2n) is 4.53. The van der Waals surface area contributed by atoms with Crippen LogP contribution in [0.25, 0.3) is 0 Å². The second kappa shape index (κ2) is 5.61. The van der Waals surface area contributed by atoms with Crippen molar-refractivity contribution >= 4 is 0 Å². The van der Waals surface area contributed by atoms with E-state index >= 15 is 0 Å². The molecule has 1 fully saturated rings. The van der Waals surface area contributed by atoms with Gasteiger partial charge >= 0.3 is 0 Å². The SMILES string of the molecule is CC(CCN)C(N)C1CCCCC1. The van der Waals surface area contributed by atoms with Crippen molar-refractivity contribution in [3.8, 4) is 0 Å². The molecule has 0 aliphatic heterocycles. The van der Waals surface area contributed by atoms with E-state index in [0.717, 1.165) is 18.9 Å². The Hall–Kier alpha value is -0.0800. The third kappa shape index (κ3) is 3.28. The van der Waals surface area contributed by atoms with Gasteiger partial charge in [0.2, 0.25) is 0 Å². The average molecular weight is 184 g/mol. The summed E-state index contributed by atoms with van der Waals surface area (Å²) in [6.07, 6.45) is 7.94. The van der Waals surface area contributed by atoms with Crippen LogP contribution in [0.1, 0.15) is 45.4 Å². The van der Waals surface area contributed by atoms with E-state index < -0.39 is 0 Å². The lowest BCUT2D eigenvalue weighted by Crippen LogP contribution is -2.38. The van der Waals surface area contributed by atoms with E-state index in [1.165, 1.54) is 32.1 Å². The lowest BCUT2D eigenvalue weighted by atomic mass is 9.79. The predicted molar refractivity (Wildman–Crippen MR) is 57.4 cm³/mol. The van der Waals surface area contributed by atoms with Gasteiger partial charge in [0.1, 0.15) is 0 Å². The van der Waals surface area contributed by atoms with Crippen molar-refractivity contribution < 1.29 is 0 Å². The molecule has 0 radical (unpaired) electrons. The maximum atomic E-state index is 6.22. The summed E-state index contributed by atoms with van der Waals surface area (Å²) in [4.78, 5) is 0. The fourth-order valence-electron chi connectivity index (χ4n) is 2.44. The van der Waals surface area contributed by atoms with Crippen molar-refractivity contribution in [2.75, 3.05) is 6.54 Å². The van der Waals surface area contributed by atoms with Crippen LogP contribution >= 0.6 is 0 Å². The zero-order valence-electron chi connectivity index (χ0n) is 8.84. The summed E-state index contributed by atoms with van der Waals surface area (Å²) in [5, 5.41) is 0. The highest BCUT2D eigenvalue weighted by molar-refractivity contribution is 4.80. The Morgan fingerprint density at radius 1 is 1.23 bits per heavy atom. The van der Waals surface area contributed by atoms with E-state index in [2.05, 4.69) is 6.92 Å². The van der Waals surface area contributed by atoms with Gasteiger partial charge in [0.15, 0.2) is 0 Å². The molecule has 2 atom stereocenters. The van der Waals surface area contributed by atoms with Crippen molar-refractivity contribution in [1.82, 2.24) is 0 Å². The number of hydrogen-bond donors (Lipinski definition) is 2. The van der Waals surface area contributed by atoms with Crippen LogP contribution in [0.4, 0.5) is 0 Å². The molecule has 0 aromatic heterocycles. The molecule has 13 heavy (non-hydrogen) atoms. The second-order valence-corrected chi connectivity index (χ2v) is 4.53. The largest absolute Gasteiger partial charge is 0.330 e. The van der Waals surface area contributed by atoms with Gasteiger partial charge in [-0.1, -0.05) is 26.2 Å². The number of hydrogen-bond acceptors (Lipinski definition) is 2. The lowest BCUT2D eigenvalue weighted by Gasteiger charge is -2.31. The molecule has 0 aromatic rings. The molecule has 0 amide bonds. The highest BCUT2D eigenvalue weighted by Gasteiger charge is 2.24. The smallest absolute Gasteiger partial charge is 0.00934 e. The van der Waals surface area contributed by atoms with Gasteiger partial charge in [-0.05, 0) is 37.6 Å². The van der Waals surface area contributed by atoms with Crippen LogP contribution in [0.5, 0.6) is 0 Å². The predicted octanol–water partition coefficient (Wildman–Crippen LogP) is 1.88. The Labute approximate surface area is 82.1 Å². The molecule has 0 spiro atoms. The van der Waals surface area contributed by atoms with Gasteiger partial charge in [0, 0.05) is 6.04 Å². The van der Waals surface area contributed by atoms with Gasteiger partial charge in [0.25, 0.3) is 0 Å². The van der Waals surface area contributed by atoms with Gasteiger partial charge in [-0.15, -0.1) is 0 Å². The quantitative estimate of drug-likeness (QED) is 0.701. The molecule has 0 bridgehead atoms. The average Bonchev–Trinajstić information content (AvgIpc) is 2.18. The molecule has 2 nitrogen and oxygen atoms in total. The standard InChI is InChI=1S/C11H24N2/c1-9(7-8-12)11(13)10-5-3-2-4-6-10/h9-11H,2-8,12-13H2,1H3. The molecule has 2 heteroatoms. The van der Waals surface area contributed by atoms with Crippen molar-refractivity contribution in [2.24, 2.45) is 23.3 Å². The van der Waals surface area contributed by atoms with E-state index in [4.69, 9.17) is 11.5 Å². The maximum absolute atomic E-state index is 6.22. The molecular weight excluding hydrogens is 160 g/mol. The van der Waals surface area contributed by atoms with Crippen molar-refractivity contribution in [3.05, 3.63) is 0 Å². The normalized spacial score (nSPS) is 24.2. The third-order valence-corrected chi connectivity index (χ3v) is 3.47. The monoisotopic (exact) mass is 184 g/mol. The zero-order chi connectivity index (χ0) is 9.68. The van der Waals surface area contributed by atoms with Crippen LogP contribution in [-0.2, 0) is 0 Å². The van der Waals surface area contributed by atoms with E-state index in [1.807, 2.05) is 0 Å². The molecule has 1 aliphatic carbocycles. The van der Waals surface area contributed by atoms with Crippen LogP contribution < -0.4 is 11.5 Å². The van der Waals surface area contributed by atoms with Gasteiger partial charge in [0.05, 0.1) is 0 Å². The molecule has 1 saturated carbocycles. The number of nitrogens with two attached hydrogens (primary N) is 2. The van der Waals surface area contributed by atoms with Crippen LogP contribution in [0, 0.1) is 11.8 Å². The third-order valence-electron chi connectivity index (χ3n) is 3.47. The first kappa shape index (κ1) is 11.0. The highest BCUT2D eigenvalue weighted by atomic mass is 14.7. The molecule has 2 unspecified atom stereocenters. The molecule has 78 valence electrons. The summed E-state index contributed by atoms with van der Waals surface area (Å²) in [5.74, 6) is 1.38. The summed E-state index contributed by atoms with van der Waals surface area (Å²) in [5.41, 5.74) is 11.8. The first-order valence-electron chi connectivity index (χ1n) is 5.71. The van der Waals surface area contributed by atoms with Gasteiger partial charge in [-0.25, -0.2) is 0 Å². The number of rotatable bonds is 4. The van der Waals surface area contributed by atoms with E-state index in [-0.39, 0.29) is 0 Å². The zero-order valence-corrected chi connectivity index (χ0v) is 8.84. The van der Waals surface area contributed by atoms with Crippen molar-refractivity contribution in [3.63, 3.8) is 0 Å². The van der Waals surface area contributed by atoms with Crippen molar-refractivity contribution in [2.45, 2.75) is 51.5 Å².